The Morgan fingerprint density at radius 2 is 2.00 bits per heavy atom. The van der Waals surface area contributed by atoms with Gasteiger partial charge in [0.25, 0.3) is 0 Å². The van der Waals surface area contributed by atoms with Crippen LogP contribution in [0.4, 0.5) is 10.1 Å². The molecule has 17 heavy (non-hydrogen) atoms. The predicted molar refractivity (Wildman–Crippen MR) is 66.6 cm³/mol. The van der Waals surface area contributed by atoms with Crippen molar-refractivity contribution in [3.8, 4) is 0 Å². The van der Waals surface area contributed by atoms with Gasteiger partial charge in [-0.05, 0) is 26.8 Å². The van der Waals surface area contributed by atoms with Crippen LogP contribution in [0.15, 0.2) is 18.2 Å². The molecule has 0 aliphatic heterocycles. The van der Waals surface area contributed by atoms with E-state index in [2.05, 4.69) is 0 Å². The molecule has 96 valence electrons. The zero-order valence-corrected chi connectivity index (χ0v) is 10.7. The van der Waals surface area contributed by atoms with Crippen molar-refractivity contribution in [1.82, 2.24) is 0 Å². The number of para-hydroxylation sites is 1. The standard InChI is InChI=1S/C13H20FNO2/c1-9(17)10-6-5-7-11(14)12(10)15(4)13(2,3)8-16/h5-7,9,16-17H,8H2,1-4H3. The molecule has 0 saturated heterocycles. The van der Waals surface area contributed by atoms with Crippen LogP contribution < -0.4 is 4.90 Å². The van der Waals surface area contributed by atoms with E-state index >= 15 is 0 Å². The van der Waals surface area contributed by atoms with Crippen LogP contribution in [0.3, 0.4) is 0 Å². The summed E-state index contributed by atoms with van der Waals surface area (Å²) in [7, 11) is 1.71. The molecule has 0 heterocycles. The van der Waals surface area contributed by atoms with Gasteiger partial charge in [-0.15, -0.1) is 0 Å². The number of hydrogen-bond donors (Lipinski definition) is 2. The Balaban J connectivity index is 3.29. The average molecular weight is 241 g/mol. The largest absolute Gasteiger partial charge is 0.394 e. The molecule has 2 N–H and O–H groups in total. The first-order chi connectivity index (χ1) is 7.81. The van der Waals surface area contributed by atoms with Crippen LogP contribution >= 0.6 is 0 Å². The lowest BCUT2D eigenvalue weighted by Gasteiger charge is -2.37. The van der Waals surface area contributed by atoms with E-state index in [1.54, 1.807) is 31.0 Å². The second-order valence-corrected chi connectivity index (χ2v) is 4.88. The average Bonchev–Trinajstić information content (AvgIpc) is 2.27. The van der Waals surface area contributed by atoms with Gasteiger partial charge < -0.3 is 15.1 Å². The fraction of sp³-hybridized carbons (Fsp3) is 0.538. The number of aliphatic hydroxyl groups is 2. The first kappa shape index (κ1) is 13.9. The van der Waals surface area contributed by atoms with Crippen LogP contribution in [0.25, 0.3) is 0 Å². The second-order valence-electron chi connectivity index (χ2n) is 4.88. The molecule has 0 saturated carbocycles. The lowest BCUT2D eigenvalue weighted by atomic mass is 10.00. The monoisotopic (exact) mass is 241 g/mol. The smallest absolute Gasteiger partial charge is 0.146 e. The van der Waals surface area contributed by atoms with E-state index in [1.165, 1.54) is 6.07 Å². The van der Waals surface area contributed by atoms with Gasteiger partial charge in [0, 0.05) is 12.6 Å². The van der Waals surface area contributed by atoms with Gasteiger partial charge in [0.05, 0.1) is 23.9 Å². The summed E-state index contributed by atoms with van der Waals surface area (Å²) in [5.74, 6) is -0.396. The van der Waals surface area contributed by atoms with Crippen molar-refractivity contribution in [2.75, 3.05) is 18.6 Å². The van der Waals surface area contributed by atoms with E-state index in [1.807, 2.05) is 13.8 Å². The number of anilines is 1. The molecule has 0 aliphatic rings. The van der Waals surface area contributed by atoms with Gasteiger partial charge >= 0.3 is 0 Å². The summed E-state index contributed by atoms with van der Waals surface area (Å²) in [5, 5.41) is 19.0. The molecule has 1 atom stereocenters. The SMILES string of the molecule is CC(O)c1cccc(F)c1N(C)C(C)(C)CO. The summed E-state index contributed by atoms with van der Waals surface area (Å²) in [6, 6.07) is 4.61. The molecule has 1 rings (SSSR count). The van der Waals surface area contributed by atoms with Crippen molar-refractivity contribution in [1.29, 1.82) is 0 Å². The number of rotatable bonds is 4. The first-order valence-corrected chi connectivity index (χ1v) is 5.62. The van der Waals surface area contributed by atoms with Gasteiger partial charge in [-0.25, -0.2) is 4.39 Å². The van der Waals surface area contributed by atoms with Gasteiger partial charge in [0.2, 0.25) is 0 Å². The molecule has 1 aromatic rings. The number of likely N-dealkylation sites (N-methyl/N-ethyl adjacent to an activating group) is 1. The maximum atomic E-state index is 13.9. The van der Waals surface area contributed by atoms with Crippen molar-refractivity contribution in [2.45, 2.75) is 32.4 Å². The van der Waals surface area contributed by atoms with E-state index < -0.39 is 17.5 Å². The number of nitrogens with zero attached hydrogens (tertiary/aromatic N) is 1. The lowest BCUT2D eigenvalue weighted by molar-refractivity contribution is 0.195. The summed E-state index contributed by atoms with van der Waals surface area (Å²) in [4.78, 5) is 1.66. The molecule has 1 aromatic carbocycles. The van der Waals surface area contributed by atoms with E-state index in [9.17, 15) is 14.6 Å². The Bertz CT molecular complexity index is 391. The van der Waals surface area contributed by atoms with Crippen molar-refractivity contribution in [3.63, 3.8) is 0 Å². The second kappa shape index (κ2) is 5.02. The van der Waals surface area contributed by atoms with Gasteiger partial charge in [0.1, 0.15) is 5.82 Å². The van der Waals surface area contributed by atoms with Gasteiger partial charge in [-0.1, -0.05) is 12.1 Å². The van der Waals surface area contributed by atoms with E-state index in [0.29, 0.717) is 11.3 Å². The lowest BCUT2D eigenvalue weighted by Crippen LogP contribution is -2.45. The maximum absolute atomic E-state index is 13.9. The minimum atomic E-state index is -0.752. The molecule has 0 aliphatic carbocycles. The highest BCUT2D eigenvalue weighted by Gasteiger charge is 2.27. The number of benzene rings is 1. The van der Waals surface area contributed by atoms with Crippen LogP contribution in [0.1, 0.15) is 32.4 Å². The first-order valence-electron chi connectivity index (χ1n) is 5.62. The third-order valence-corrected chi connectivity index (χ3v) is 3.10. The topological polar surface area (TPSA) is 43.7 Å². The third-order valence-electron chi connectivity index (χ3n) is 3.10. The van der Waals surface area contributed by atoms with Crippen LogP contribution in [0.2, 0.25) is 0 Å². The Kier molecular flexibility index (Phi) is 4.11. The zero-order chi connectivity index (χ0) is 13.2. The highest BCUT2D eigenvalue weighted by Crippen LogP contribution is 2.32. The molecule has 0 fully saturated rings. The Morgan fingerprint density at radius 1 is 1.41 bits per heavy atom. The molecule has 0 spiro atoms. The normalized spacial score (nSPS) is 13.6. The summed E-state index contributed by atoms with van der Waals surface area (Å²) in [6.45, 7) is 5.12. The Labute approximate surface area is 101 Å². The van der Waals surface area contributed by atoms with Crippen LogP contribution in [0, 0.1) is 5.82 Å². The molecule has 4 heteroatoms. The minimum absolute atomic E-state index is 0.100. The van der Waals surface area contributed by atoms with E-state index in [4.69, 9.17) is 0 Å². The number of aliphatic hydroxyl groups excluding tert-OH is 2. The van der Waals surface area contributed by atoms with Crippen molar-refractivity contribution >= 4 is 5.69 Å². The fourth-order valence-corrected chi connectivity index (χ4v) is 1.63. The summed E-state index contributed by atoms with van der Waals surface area (Å²) in [5.41, 5.74) is 0.266. The van der Waals surface area contributed by atoms with Crippen molar-refractivity contribution < 1.29 is 14.6 Å². The highest BCUT2D eigenvalue weighted by molar-refractivity contribution is 5.57. The fourth-order valence-electron chi connectivity index (χ4n) is 1.63. The van der Waals surface area contributed by atoms with Crippen molar-refractivity contribution in [2.24, 2.45) is 0 Å². The van der Waals surface area contributed by atoms with Crippen LogP contribution in [-0.4, -0.2) is 29.4 Å². The third kappa shape index (κ3) is 2.76. The summed E-state index contributed by atoms with van der Waals surface area (Å²) in [6.07, 6.45) is -0.752. The zero-order valence-electron chi connectivity index (χ0n) is 10.7. The quantitative estimate of drug-likeness (QED) is 0.848. The minimum Gasteiger partial charge on any atom is -0.394 e. The molecule has 3 nitrogen and oxygen atoms in total. The molecule has 0 radical (unpaired) electrons. The van der Waals surface area contributed by atoms with Gasteiger partial charge in [0.15, 0.2) is 0 Å². The van der Waals surface area contributed by atoms with E-state index in [-0.39, 0.29) is 6.61 Å². The highest BCUT2D eigenvalue weighted by atomic mass is 19.1. The van der Waals surface area contributed by atoms with Crippen LogP contribution in [0.5, 0.6) is 0 Å². The summed E-state index contributed by atoms with van der Waals surface area (Å²) < 4.78 is 13.9. The number of hydrogen-bond acceptors (Lipinski definition) is 3. The molecule has 0 amide bonds. The molecule has 0 bridgehead atoms. The molecule has 0 aromatic heterocycles. The molecular weight excluding hydrogens is 221 g/mol. The number of halogens is 1. The van der Waals surface area contributed by atoms with E-state index in [0.717, 1.165) is 0 Å². The Morgan fingerprint density at radius 3 is 2.47 bits per heavy atom. The van der Waals surface area contributed by atoms with Gasteiger partial charge in [-0.3, -0.25) is 0 Å². The van der Waals surface area contributed by atoms with Gasteiger partial charge in [-0.2, -0.15) is 0 Å². The van der Waals surface area contributed by atoms with Crippen LogP contribution in [-0.2, 0) is 0 Å². The Hall–Kier alpha value is -1.13. The predicted octanol–water partition coefficient (Wildman–Crippen LogP) is 2.09. The maximum Gasteiger partial charge on any atom is 0.146 e. The van der Waals surface area contributed by atoms with Crippen molar-refractivity contribution in [3.05, 3.63) is 29.6 Å². The molecular formula is C13H20FNO2. The molecule has 1 unspecified atom stereocenters. The summed E-state index contributed by atoms with van der Waals surface area (Å²) >= 11 is 0.